The van der Waals surface area contributed by atoms with E-state index >= 15 is 0 Å². The van der Waals surface area contributed by atoms with Gasteiger partial charge in [-0.1, -0.05) is 36.5 Å². The number of nitrogens with zero attached hydrogens (tertiary/aromatic N) is 2. The first-order valence-corrected chi connectivity index (χ1v) is 9.53. The van der Waals surface area contributed by atoms with Gasteiger partial charge in [0.25, 0.3) is 17.7 Å². The molecule has 2 aromatic carbocycles. The molecular weight excluding hydrogens is 380 g/mol. The summed E-state index contributed by atoms with van der Waals surface area (Å²) in [5, 5.41) is 0. The first kappa shape index (κ1) is 17.6. The van der Waals surface area contributed by atoms with Gasteiger partial charge in [0.15, 0.2) is 0 Å². The monoisotopic (exact) mass is 394 g/mol. The summed E-state index contributed by atoms with van der Waals surface area (Å²) in [4.78, 5) is 38.6. The first-order chi connectivity index (χ1) is 13.0. The molecule has 134 valence electrons. The minimum absolute atomic E-state index is 0.100. The highest BCUT2D eigenvalue weighted by molar-refractivity contribution is 8.23. The van der Waals surface area contributed by atoms with E-state index in [2.05, 4.69) is 0 Å². The van der Waals surface area contributed by atoms with Gasteiger partial charge in [-0.2, -0.15) is 0 Å². The Morgan fingerprint density at radius 2 is 1.52 bits per heavy atom. The van der Waals surface area contributed by atoms with E-state index in [1.54, 1.807) is 58.9 Å². The van der Waals surface area contributed by atoms with Crippen molar-refractivity contribution >= 4 is 57.8 Å². The molecular formula is C20H14N2O3S2. The molecule has 7 heteroatoms. The quantitative estimate of drug-likeness (QED) is 0.344. The fourth-order valence-electron chi connectivity index (χ4n) is 3.05. The van der Waals surface area contributed by atoms with Crippen LogP contribution in [0.25, 0.3) is 6.08 Å². The van der Waals surface area contributed by atoms with Crippen molar-refractivity contribution in [1.29, 1.82) is 0 Å². The first-order valence-electron chi connectivity index (χ1n) is 8.35. The molecule has 3 amide bonds. The topological polar surface area (TPSA) is 57.7 Å². The zero-order valence-electron chi connectivity index (χ0n) is 14.3. The van der Waals surface area contributed by atoms with Crippen molar-refractivity contribution in [3.8, 4) is 0 Å². The highest BCUT2D eigenvalue weighted by Gasteiger charge is 2.36. The third-order valence-electron chi connectivity index (χ3n) is 4.41. The maximum absolute atomic E-state index is 12.5. The molecule has 0 radical (unpaired) electrons. The Bertz CT molecular complexity index is 993. The Kier molecular flexibility index (Phi) is 4.41. The van der Waals surface area contributed by atoms with Gasteiger partial charge in [0.1, 0.15) is 4.20 Å². The minimum Gasteiger partial charge on any atom is -0.278 e. The number of anilines is 1. The standard InChI is InChI=1S/C20H14N2O3S2/c1-2-21-17(23)16(20(26)27-21)11-12-7-9-13(10-8-12)22-18(24)14-5-3-4-6-15(14)19(22)25/h3-11H,2H2,1H3/b16-11+. The number of benzene rings is 2. The number of likely N-dealkylation sites (N-methyl/N-ethyl adjacent to an activating group) is 1. The highest BCUT2D eigenvalue weighted by atomic mass is 32.2. The number of carbonyl (C=O) groups is 3. The predicted molar refractivity (Wildman–Crippen MR) is 110 cm³/mol. The fourth-order valence-corrected chi connectivity index (χ4v) is 4.22. The summed E-state index contributed by atoms with van der Waals surface area (Å²) in [7, 11) is 0. The number of imide groups is 1. The summed E-state index contributed by atoms with van der Waals surface area (Å²) in [6.07, 6.45) is 1.74. The highest BCUT2D eigenvalue weighted by Crippen LogP contribution is 2.32. The Labute approximate surface area is 165 Å². The van der Waals surface area contributed by atoms with Gasteiger partial charge >= 0.3 is 0 Å². The smallest absolute Gasteiger partial charge is 0.266 e. The van der Waals surface area contributed by atoms with E-state index < -0.39 is 0 Å². The maximum Gasteiger partial charge on any atom is 0.266 e. The van der Waals surface area contributed by atoms with Crippen LogP contribution in [-0.4, -0.2) is 32.8 Å². The Balaban J connectivity index is 1.62. The lowest BCUT2D eigenvalue weighted by Crippen LogP contribution is -2.29. The molecule has 0 atom stereocenters. The summed E-state index contributed by atoms with van der Waals surface area (Å²) >= 11 is 6.55. The lowest BCUT2D eigenvalue weighted by Gasteiger charge is -2.14. The summed E-state index contributed by atoms with van der Waals surface area (Å²) in [6.45, 7) is 2.48. The van der Waals surface area contributed by atoms with Gasteiger partial charge in [-0.3, -0.25) is 18.7 Å². The van der Waals surface area contributed by atoms with Crippen LogP contribution in [-0.2, 0) is 4.79 Å². The molecule has 0 spiro atoms. The molecule has 0 saturated carbocycles. The zero-order chi connectivity index (χ0) is 19.1. The van der Waals surface area contributed by atoms with Gasteiger partial charge in [-0.15, -0.1) is 0 Å². The van der Waals surface area contributed by atoms with Crippen LogP contribution in [0.5, 0.6) is 0 Å². The van der Waals surface area contributed by atoms with Crippen LogP contribution in [0.3, 0.4) is 0 Å². The number of amides is 3. The molecule has 27 heavy (non-hydrogen) atoms. The molecule has 0 N–H and O–H groups in total. The lowest BCUT2D eigenvalue weighted by molar-refractivity contribution is -0.121. The average Bonchev–Trinajstić information content (AvgIpc) is 3.10. The van der Waals surface area contributed by atoms with Crippen LogP contribution >= 0.6 is 24.2 Å². The van der Waals surface area contributed by atoms with Crippen molar-refractivity contribution in [2.75, 3.05) is 11.4 Å². The molecule has 0 aromatic heterocycles. The molecule has 1 fully saturated rings. The average molecular weight is 394 g/mol. The fraction of sp³-hybridized carbons (Fsp3) is 0.100. The van der Waals surface area contributed by atoms with Gasteiger partial charge < -0.3 is 0 Å². The van der Waals surface area contributed by atoms with Crippen molar-refractivity contribution < 1.29 is 14.4 Å². The van der Waals surface area contributed by atoms with Crippen molar-refractivity contribution in [2.45, 2.75) is 6.92 Å². The molecule has 5 nitrogen and oxygen atoms in total. The summed E-state index contributed by atoms with van der Waals surface area (Å²) in [5.74, 6) is -0.760. The van der Waals surface area contributed by atoms with Gasteiger partial charge in [0.05, 0.1) is 22.4 Å². The number of hydrogen-bond acceptors (Lipinski definition) is 5. The van der Waals surface area contributed by atoms with Crippen molar-refractivity contribution in [3.63, 3.8) is 0 Å². The van der Waals surface area contributed by atoms with E-state index in [-0.39, 0.29) is 17.7 Å². The van der Waals surface area contributed by atoms with E-state index in [0.29, 0.717) is 33.1 Å². The van der Waals surface area contributed by atoms with Crippen LogP contribution < -0.4 is 4.90 Å². The van der Waals surface area contributed by atoms with Gasteiger partial charge in [-0.25, -0.2) is 4.90 Å². The van der Waals surface area contributed by atoms with E-state index in [0.717, 1.165) is 5.56 Å². The van der Waals surface area contributed by atoms with Gasteiger partial charge in [0, 0.05) is 18.5 Å². The molecule has 1 saturated heterocycles. The maximum atomic E-state index is 12.5. The van der Waals surface area contributed by atoms with Crippen LogP contribution in [0.2, 0.25) is 0 Å². The Hall–Kier alpha value is -2.77. The molecule has 2 heterocycles. The van der Waals surface area contributed by atoms with Crippen molar-refractivity contribution in [1.82, 2.24) is 4.31 Å². The van der Waals surface area contributed by atoms with E-state index in [1.807, 2.05) is 6.92 Å². The third kappa shape index (κ3) is 2.89. The normalized spacial score (nSPS) is 18.0. The van der Waals surface area contributed by atoms with Crippen LogP contribution in [0.1, 0.15) is 33.2 Å². The Morgan fingerprint density at radius 3 is 2.04 bits per heavy atom. The summed E-state index contributed by atoms with van der Waals surface area (Å²) in [6, 6.07) is 13.7. The Morgan fingerprint density at radius 1 is 0.926 bits per heavy atom. The molecule has 0 bridgehead atoms. The minimum atomic E-state index is -0.330. The predicted octanol–water partition coefficient (Wildman–Crippen LogP) is 3.71. The number of hydrogen-bond donors (Lipinski definition) is 0. The molecule has 2 aliphatic rings. The van der Waals surface area contributed by atoms with Crippen LogP contribution in [0.15, 0.2) is 54.1 Å². The van der Waals surface area contributed by atoms with E-state index in [4.69, 9.17) is 12.2 Å². The molecule has 0 unspecified atom stereocenters. The van der Waals surface area contributed by atoms with Crippen LogP contribution in [0, 0.1) is 0 Å². The second kappa shape index (κ2) is 6.75. The van der Waals surface area contributed by atoms with E-state index in [1.165, 1.54) is 16.8 Å². The SMILES string of the molecule is CCN1SC(=S)/C(=C/c2ccc(N3C(=O)c4ccccc4C3=O)cc2)C1=O. The van der Waals surface area contributed by atoms with Crippen molar-refractivity contribution in [3.05, 3.63) is 70.8 Å². The molecule has 2 aliphatic heterocycles. The summed E-state index contributed by atoms with van der Waals surface area (Å²) in [5.41, 5.74) is 2.58. The summed E-state index contributed by atoms with van der Waals surface area (Å²) < 4.78 is 2.16. The van der Waals surface area contributed by atoms with Crippen molar-refractivity contribution in [2.24, 2.45) is 0 Å². The largest absolute Gasteiger partial charge is 0.278 e. The number of rotatable bonds is 3. The lowest BCUT2D eigenvalue weighted by atomic mass is 10.1. The van der Waals surface area contributed by atoms with Crippen LogP contribution in [0.4, 0.5) is 5.69 Å². The molecule has 2 aromatic rings. The number of thiocarbonyl (C=S) groups is 1. The van der Waals surface area contributed by atoms with Gasteiger partial charge in [-0.05, 0) is 42.8 Å². The zero-order valence-corrected chi connectivity index (χ0v) is 16.0. The van der Waals surface area contributed by atoms with Gasteiger partial charge in [0.2, 0.25) is 0 Å². The number of carbonyl (C=O) groups excluding carboxylic acids is 3. The van der Waals surface area contributed by atoms with E-state index in [9.17, 15) is 14.4 Å². The second-order valence-corrected chi connectivity index (χ2v) is 7.72. The second-order valence-electron chi connectivity index (χ2n) is 6.02. The third-order valence-corrected chi connectivity index (χ3v) is 5.89. The molecule has 0 aliphatic carbocycles. The number of fused-ring (bicyclic) bond motifs is 1. The molecule has 4 rings (SSSR count).